The Bertz CT molecular complexity index is 4390. The van der Waals surface area contributed by atoms with Crippen molar-refractivity contribution in [1.29, 1.82) is 0 Å². The third kappa shape index (κ3) is 6.69. The Kier molecular flexibility index (Phi) is 9.54. The predicted octanol–water partition coefficient (Wildman–Crippen LogP) is 20.4. The molecule has 0 radical (unpaired) electrons. The summed E-state index contributed by atoms with van der Waals surface area (Å²) < 4.78 is 13.1. The summed E-state index contributed by atoms with van der Waals surface area (Å²) in [7, 11) is 0. The fourth-order valence-electron chi connectivity index (χ4n) is 11.7. The molecule has 2 aromatic heterocycles. The Hall–Kier alpha value is -9.90. The van der Waals surface area contributed by atoms with Crippen molar-refractivity contribution in [3.8, 4) is 22.3 Å². The predicted molar refractivity (Wildman–Crippen MR) is 311 cm³/mol. The first kappa shape index (κ1) is 41.8. The van der Waals surface area contributed by atoms with Crippen LogP contribution in [-0.4, -0.2) is 0 Å². The van der Waals surface area contributed by atoms with Crippen molar-refractivity contribution in [3.63, 3.8) is 0 Å². The van der Waals surface area contributed by atoms with Crippen LogP contribution in [0.4, 0.5) is 34.1 Å². The SMILES string of the molecule is c1ccc(-c2c3ccc(N(c4ccc5ccccc5c4)c4cccc5oc6ccccc6c45)cc3c(-c3ccccc3)c3ccc(N(c4ccc5ccccc5c4)c4cccc5oc6ccccc6c45)cc23)cc1. The van der Waals surface area contributed by atoms with Gasteiger partial charge in [-0.2, -0.15) is 0 Å². The number of para-hydroxylation sites is 2. The number of hydrogen-bond donors (Lipinski definition) is 0. The lowest BCUT2D eigenvalue weighted by Gasteiger charge is -2.29. The third-order valence-corrected chi connectivity index (χ3v) is 15.0. The van der Waals surface area contributed by atoms with Gasteiger partial charge in [0.1, 0.15) is 22.3 Å². The van der Waals surface area contributed by atoms with Crippen LogP contribution >= 0.6 is 0 Å². The minimum Gasteiger partial charge on any atom is -0.456 e. The Morgan fingerprint density at radius 2 is 0.595 bits per heavy atom. The maximum Gasteiger partial charge on any atom is 0.137 e. The fraction of sp³-hybridized carbons (Fsp3) is 0. The molecular weight excluding hydrogens is 901 g/mol. The zero-order valence-corrected chi connectivity index (χ0v) is 40.1. The molecule has 2 heterocycles. The van der Waals surface area contributed by atoms with Gasteiger partial charge >= 0.3 is 0 Å². The molecule has 0 N–H and O–H groups in total. The highest BCUT2D eigenvalue weighted by molar-refractivity contribution is 6.23. The van der Waals surface area contributed by atoms with E-state index in [0.29, 0.717) is 0 Å². The highest BCUT2D eigenvalue weighted by Gasteiger charge is 2.25. The average molecular weight is 945 g/mol. The van der Waals surface area contributed by atoms with Crippen molar-refractivity contribution in [2.24, 2.45) is 0 Å². The van der Waals surface area contributed by atoms with E-state index in [9.17, 15) is 0 Å². The molecule has 74 heavy (non-hydrogen) atoms. The van der Waals surface area contributed by atoms with E-state index < -0.39 is 0 Å². The summed E-state index contributed by atoms with van der Waals surface area (Å²) in [6, 6.07) is 96.3. The monoisotopic (exact) mass is 944 g/mol. The van der Waals surface area contributed by atoms with E-state index in [-0.39, 0.29) is 0 Å². The summed E-state index contributed by atoms with van der Waals surface area (Å²) in [6.07, 6.45) is 0. The molecule has 0 saturated carbocycles. The maximum absolute atomic E-state index is 6.55. The van der Waals surface area contributed by atoms with Gasteiger partial charge in [0, 0.05) is 33.5 Å². The van der Waals surface area contributed by atoms with Crippen LogP contribution in [0.5, 0.6) is 0 Å². The first-order valence-corrected chi connectivity index (χ1v) is 25.2. The summed E-state index contributed by atoms with van der Waals surface area (Å²) in [5.74, 6) is 0. The van der Waals surface area contributed by atoms with Crippen molar-refractivity contribution in [3.05, 3.63) is 267 Å². The minimum atomic E-state index is 0.850. The largest absolute Gasteiger partial charge is 0.456 e. The molecular formula is C70H44N2O2. The first-order chi connectivity index (χ1) is 36.7. The second-order valence-corrected chi connectivity index (χ2v) is 19.2. The van der Waals surface area contributed by atoms with Gasteiger partial charge in [0.15, 0.2) is 0 Å². The van der Waals surface area contributed by atoms with E-state index in [0.717, 1.165) is 111 Å². The van der Waals surface area contributed by atoms with Crippen LogP contribution in [0.3, 0.4) is 0 Å². The summed E-state index contributed by atoms with van der Waals surface area (Å²) in [6.45, 7) is 0. The van der Waals surface area contributed by atoms with Crippen molar-refractivity contribution in [1.82, 2.24) is 0 Å². The summed E-state index contributed by atoms with van der Waals surface area (Å²) in [5, 5.41) is 13.7. The van der Waals surface area contributed by atoms with Gasteiger partial charge in [0.05, 0.1) is 22.1 Å². The zero-order chi connectivity index (χ0) is 48.7. The van der Waals surface area contributed by atoms with Crippen LogP contribution in [-0.2, 0) is 0 Å². The Labute approximate surface area is 426 Å². The number of fused-ring (bicyclic) bond motifs is 10. The molecule has 13 aromatic carbocycles. The van der Waals surface area contributed by atoms with Crippen LogP contribution < -0.4 is 9.80 Å². The zero-order valence-electron chi connectivity index (χ0n) is 40.1. The molecule has 0 saturated heterocycles. The molecule has 346 valence electrons. The van der Waals surface area contributed by atoms with Gasteiger partial charge in [-0.05, 0) is 150 Å². The fourth-order valence-corrected chi connectivity index (χ4v) is 11.7. The van der Waals surface area contributed by atoms with E-state index in [1.165, 1.54) is 32.7 Å². The molecule has 0 aliphatic carbocycles. The lowest BCUT2D eigenvalue weighted by molar-refractivity contribution is 0.668. The quantitative estimate of drug-likeness (QED) is 0.142. The van der Waals surface area contributed by atoms with Gasteiger partial charge in [-0.3, -0.25) is 0 Å². The first-order valence-electron chi connectivity index (χ1n) is 25.2. The second kappa shape index (κ2) is 16.9. The van der Waals surface area contributed by atoms with E-state index in [1.807, 2.05) is 12.1 Å². The molecule has 0 fully saturated rings. The Morgan fingerprint density at radius 3 is 1.05 bits per heavy atom. The molecule has 0 aliphatic rings. The normalized spacial score (nSPS) is 11.8. The van der Waals surface area contributed by atoms with E-state index in [2.05, 4.69) is 265 Å². The number of benzene rings is 13. The molecule has 4 nitrogen and oxygen atoms in total. The Balaban J connectivity index is 1.03. The van der Waals surface area contributed by atoms with Crippen molar-refractivity contribution in [2.75, 3.05) is 9.80 Å². The molecule has 0 spiro atoms. The molecule has 0 bridgehead atoms. The van der Waals surface area contributed by atoms with Gasteiger partial charge in [-0.15, -0.1) is 0 Å². The van der Waals surface area contributed by atoms with Crippen molar-refractivity contribution < 1.29 is 8.83 Å². The average Bonchev–Trinajstić information content (AvgIpc) is 4.05. The van der Waals surface area contributed by atoms with Gasteiger partial charge in [-0.1, -0.05) is 182 Å². The lowest BCUT2D eigenvalue weighted by atomic mass is 9.85. The Morgan fingerprint density at radius 1 is 0.230 bits per heavy atom. The number of rotatable bonds is 8. The molecule has 0 amide bonds. The highest BCUT2D eigenvalue weighted by Crippen LogP contribution is 2.51. The number of nitrogens with zero attached hydrogens (tertiary/aromatic N) is 2. The molecule has 15 rings (SSSR count). The van der Waals surface area contributed by atoms with Crippen LogP contribution in [0.15, 0.2) is 276 Å². The topological polar surface area (TPSA) is 32.8 Å². The van der Waals surface area contributed by atoms with Crippen LogP contribution in [0.25, 0.3) is 109 Å². The van der Waals surface area contributed by atoms with Gasteiger partial charge in [0.25, 0.3) is 0 Å². The standard InChI is InChI=1S/C70H44N2O2/c1-3-19-47(20-4-1)67-55-39-37-54(72(52-36-34-46-18-8-10-24-50(46)42-52)62-28-16-32-66-70(62)58-26-12-14-30-64(58)74-66)44-60(55)68(48-21-5-2-6-22-48)56-40-38-53(43-59(56)67)71(51-35-33-45-17-7-9-23-49(45)41-51)61-27-15-31-65-69(61)57-25-11-13-29-63(57)73-65/h1-44H. The molecule has 0 unspecified atom stereocenters. The molecule has 0 atom stereocenters. The van der Waals surface area contributed by atoms with Crippen molar-refractivity contribution >= 4 is 121 Å². The number of anilines is 6. The molecule has 0 aliphatic heterocycles. The van der Waals surface area contributed by atoms with Crippen LogP contribution in [0.1, 0.15) is 0 Å². The van der Waals surface area contributed by atoms with E-state index in [1.54, 1.807) is 0 Å². The lowest BCUT2D eigenvalue weighted by Crippen LogP contribution is -2.11. The molecule has 15 aromatic rings. The minimum absolute atomic E-state index is 0.850. The van der Waals surface area contributed by atoms with Crippen LogP contribution in [0, 0.1) is 0 Å². The van der Waals surface area contributed by atoms with Crippen LogP contribution in [0.2, 0.25) is 0 Å². The van der Waals surface area contributed by atoms with Gasteiger partial charge in [0.2, 0.25) is 0 Å². The maximum atomic E-state index is 6.55. The van der Waals surface area contributed by atoms with E-state index in [4.69, 9.17) is 8.83 Å². The van der Waals surface area contributed by atoms with Gasteiger partial charge in [-0.25, -0.2) is 0 Å². The van der Waals surface area contributed by atoms with Crippen molar-refractivity contribution in [2.45, 2.75) is 0 Å². The molecule has 4 heteroatoms. The highest BCUT2D eigenvalue weighted by atomic mass is 16.3. The summed E-state index contributed by atoms with van der Waals surface area (Å²) >= 11 is 0. The van der Waals surface area contributed by atoms with Gasteiger partial charge < -0.3 is 18.6 Å². The summed E-state index contributed by atoms with van der Waals surface area (Å²) in [5.41, 5.74) is 14.4. The second-order valence-electron chi connectivity index (χ2n) is 19.2. The summed E-state index contributed by atoms with van der Waals surface area (Å²) in [4.78, 5) is 4.84. The smallest absolute Gasteiger partial charge is 0.137 e. The third-order valence-electron chi connectivity index (χ3n) is 15.0. The number of hydrogen-bond acceptors (Lipinski definition) is 4. The number of furan rings is 2. The van der Waals surface area contributed by atoms with E-state index >= 15 is 0 Å².